The first-order valence-corrected chi connectivity index (χ1v) is 13.2. The van der Waals surface area contributed by atoms with Crippen molar-refractivity contribution in [3.8, 4) is 0 Å². The largest absolute Gasteiger partial charge is 0.269 e. The molecule has 0 aliphatic carbocycles. The summed E-state index contributed by atoms with van der Waals surface area (Å²) < 4.78 is 0. The third-order valence-corrected chi connectivity index (χ3v) is 6.60. The summed E-state index contributed by atoms with van der Waals surface area (Å²) in [5.74, 6) is -1.86. The van der Waals surface area contributed by atoms with Crippen molar-refractivity contribution in [2.24, 2.45) is 0 Å². The first-order chi connectivity index (χ1) is 16.1. The van der Waals surface area contributed by atoms with E-state index in [0.717, 1.165) is 29.1 Å². The highest BCUT2D eigenvalue weighted by atomic mass is 16.2. The summed E-state index contributed by atoms with van der Waals surface area (Å²) in [5, 5.41) is 0. The minimum absolute atomic E-state index is 0.427. The number of carbonyl (C=O) groups excluding carboxylic acids is 4. The molecule has 0 N–H and O–H groups in total. The van der Waals surface area contributed by atoms with E-state index in [-0.39, 0.29) is 0 Å². The lowest BCUT2D eigenvalue weighted by Crippen LogP contribution is -2.53. The van der Waals surface area contributed by atoms with Crippen LogP contribution in [-0.2, 0) is 19.2 Å². The molecule has 0 radical (unpaired) electrons. The van der Waals surface area contributed by atoms with Crippen LogP contribution in [0.1, 0.15) is 116 Å². The zero-order chi connectivity index (χ0) is 23.9. The quantitative estimate of drug-likeness (QED) is 0.181. The highest BCUT2D eigenvalue weighted by molar-refractivity contribution is 6.16. The van der Waals surface area contributed by atoms with Crippen molar-refractivity contribution in [3.63, 3.8) is 0 Å². The highest BCUT2D eigenvalue weighted by Gasteiger charge is 2.40. The molecule has 6 nitrogen and oxygen atoms in total. The van der Waals surface area contributed by atoms with Gasteiger partial charge in [0.15, 0.2) is 0 Å². The Balaban J connectivity index is 1.53. The second-order valence-corrected chi connectivity index (χ2v) is 9.33. The van der Waals surface area contributed by atoms with Gasteiger partial charge in [-0.05, 0) is 12.8 Å². The minimum atomic E-state index is -0.832. The van der Waals surface area contributed by atoms with E-state index >= 15 is 0 Å². The molecule has 0 saturated carbocycles. The van der Waals surface area contributed by atoms with Crippen LogP contribution in [0.5, 0.6) is 0 Å². The predicted molar refractivity (Wildman–Crippen MR) is 130 cm³/mol. The second-order valence-electron chi connectivity index (χ2n) is 9.33. The monoisotopic (exact) mass is 458 g/mol. The molecule has 0 aromatic rings. The van der Waals surface area contributed by atoms with Crippen molar-refractivity contribution >= 4 is 23.6 Å². The SMILES string of the molecule is CCCCCCCCCCCCCCCCCCC(N1C(=O)C=CC1=O)N1C(=O)C=CC1=O. The van der Waals surface area contributed by atoms with E-state index in [9.17, 15) is 19.2 Å². The average molecular weight is 459 g/mol. The Morgan fingerprint density at radius 3 is 1.06 bits per heavy atom. The number of hydrogen-bond donors (Lipinski definition) is 0. The number of unbranched alkanes of at least 4 members (excludes halogenated alkanes) is 15. The maximum absolute atomic E-state index is 12.1. The Labute approximate surface area is 199 Å². The Morgan fingerprint density at radius 2 is 0.758 bits per heavy atom. The fourth-order valence-corrected chi connectivity index (χ4v) is 4.66. The lowest BCUT2D eigenvalue weighted by atomic mass is 10.0. The van der Waals surface area contributed by atoms with Crippen LogP contribution in [0.15, 0.2) is 24.3 Å². The van der Waals surface area contributed by atoms with Crippen LogP contribution < -0.4 is 0 Å². The number of carbonyl (C=O) groups is 4. The molecule has 2 aliphatic heterocycles. The molecule has 4 amide bonds. The zero-order valence-corrected chi connectivity index (χ0v) is 20.4. The Hall–Kier alpha value is -2.24. The third-order valence-electron chi connectivity index (χ3n) is 6.60. The minimum Gasteiger partial charge on any atom is -0.269 e. The van der Waals surface area contributed by atoms with Crippen molar-refractivity contribution in [1.29, 1.82) is 0 Å². The van der Waals surface area contributed by atoms with E-state index in [1.54, 1.807) is 0 Å². The molecule has 0 spiro atoms. The standard InChI is InChI=1S/C27H42N2O4/c1-2-3-4-5-6-7-8-9-10-11-12-13-14-15-16-17-18-23(28-24(30)19-20-25(28)31)29-26(32)21-22-27(29)33/h19-23H,2-18H2,1H3. The topological polar surface area (TPSA) is 74.8 Å². The number of rotatable bonds is 19. The maximum Gasteiger partial charge on any atom is 0.255 e. The van der Waals surface area contributed by atoms with E-state index in [0.29, 0.717) is 6.42 Å². The summed E-state index contributed by atoms with van der Waals surface area (Å²) in [6, 6.07) is 0. The molecule has 2 heterocycles. The first-order valence-electron chi connectivity index (χ1n) is 13.2. The molecule has 0 fully saturated rings. The van der Waals surface area contributed by atoms with Crippen LogP contribution in [0.2, 0.25) is 0 Å². The molecule has 0 atom stereocenters. The summed E-state index contributed by atoms with van der Waals surface area (Å²) in [6.45, 7) is 2.26. The number of imide groups is 2. The van der Waals surface area contributed by atoms with E-state index in [1.807, 2.05) is 0 Å². The molecule has 0 unspecified atom stereocenters. The second kappa shape index (κ2) is 15.6. The number of amides is 4. The molecular weight excluding hydrogens is 416 g/mol. The third kappa shape index (κ3) is 9.26. The lowest BCUT2D eigenvalue weighted by Gasteiger charge is -2.32. The zero-order valence-electron chi connectivity index (χ0n) is 20.4. The van der Waals surface area contributed by atoms with E-state index < -0.39 is 29.8 Å². The average Bonchev–Trinajstić information content (AvgIpc) is 3.31. The molecular formula is C27H42N2O4. The van der Waals surface area contributed by atoms with Crippen molar-refractivity contribution < 1.29 is 19.2 Å². The maximum atomic E-state index is 12.1. The Bertz CT molecular complexity index is 635. The first kappa shape index (κ1) is 27.0. The van der Waals surface area contributed by atoms with Gasteiger partial charge in [-0.2, -0.15) is 0 Å². The predicted octanol–water partition coefficient (Wildman–Crippen LogP) is 5.81. The van der Waals surface area contributed by atoms with Gasteiger partial charge in [0.1, 0.15) is 6.17 Å². The van der Waals surface area contributed by atoms with Gasteiger partial charge in [-0.3, -0.25) is 29.0 Å². The molecule has 2 rings (SSSR count). The van der Waals surface area contributed by atoms with Crippen molar-refractivity contribution in [1.82, 2.24) is 9.80 Å². The van der Waals surface area contributed by atoms with Crippen molar-refractivity contribution in [3.05, 3.63) is 24.3 Å². The Kier molecular flexibility index (Phi) is 12.7. The Morgan fingerprint density at radius 1 is 0.485 bits per heavy atom. The van der Waals surface area contributed by atoms with Crippen LogP contribution in [0.4, 0.5) is 0 Å². The van der Waals surface area contributed by atoms with Gasteiger partial charge >= 0.3 is 0 Å². The number of hydrogen-bond acceptors (Lipinski definition) is 4. The summed E-state index contributed by atoms with van der Waals surface area (Å²) in [4.78, 5) is 50.5. The lowest BCUT2D eigenvalue weighted by molar-refractivity contribution is -0.152. The summed E-state index contributed by atoms with van der Waals surface area (Å²) >= 11 is 0. The van der Waals surface area contributed by atoms with Gasteiger partial charge in [-0.15, -0.1) is 0 Å². The summed E-state index contributed by atoms with van der Waals surface area (Å²) in [7, 11) is 0. The molecule has 6 heteroatoms. The fourth-order valence-electron chi connectivity index (χ4n) is 4.66. The van der Waals surface area contributed by atoms with E-state index in [4.69, 9.17) is 0 Å². The molecule has 0 bridgehead atoms. The van der Waals surface area contributed by atoms with Crippen molar-refractivity contribution in [2.45, 2.75) is 122 Å². The van der Waals surface area contributed by atoms with Gasteiger partial charge in [-0.25, -0.2) is 0 Å². The van der Waals surface area contributed by atoms with Crippen LogP contribution >= 0.6 is 0 Å². The molecule has 0 aromatic carbocycles. The van der Waals surface area contributed by atoms with Crippen LogP contribution in [0, 0.1) is 0 Å². The normalized spacial score (nSPS) is 15.8. The van der Waals surface area contributed by atoms with Gasteiger partial charge in [-0.1, -0.05) is 103 Å². The smallest absolute Gasteiger partial charge is 0.255 e. The van der Waals surface area contributed by atoms with Gasteiger partial charge in [0.2, 0.25) is 0 Å². The van der Waals surface area contributed by atoms with Crippen molar-refractivity contribution in [2.75, 3.05) is 0 Å². The molecule has 184 valence electrons. The fraction of sp³-hybridized carbons (Fsp3) is 0.704. The van der Waals surface area contributed by atoms with Crippen LogP contribution in [0.25, 0.3) is 0 Å². The van der Waals surface area contributed by atoms with Crippen LogP contribution in [-0.4, -0.2) is 39.6 Å². The van der Waals surface area contributed by atoms with Gasteiger partial charge in [0.05, 0.1) is 0 Å². The summed E-state index contributed by atoms with van der Waals surface area (Å²) in [5.41, 5.74) is 0. The molecule has 33 heavy (non-hydrogen) atoms. The van der Waals surface area contributed by atoms with E-state index in [2.05, 4.69) is 6.92 Å². The van der Waals surface area contributed by atoms with Crippen LogP contribution in [0.3, 0.4) is 0 Å². The van der Waals surface area contributed by atoms with Gasteiger partial charge < -0.3 is 0 Å². The molecule has 2 aliphatic rings. The van der Waals surface area contributed by atoms with Gasteiger partial charge in [0.25, 0.3) is 23.6 Å². The highest BCUT2D eigenvalue weighted by Crippen LogP contribution is 2.23. The number of nitrogens with zero attached hydrogens (tertiary/aromatic N) is 2. The molecule has 0 aromatic heterocycles. The summed E-state index contributed by atoms with van der Waals surface area (Å²) in [6.07, 6.45) is 24.6. The van der Waals surface area contributed by atoms with E-state index in [1.165, 1.54) is 108 Å². The van der Waals surface area contributed by atoms with Gasteiger partial charge in [0, 0.05) is 24.3 Å². The molecule has 0 saturated heterocycles.